The summed E-state index contributed by atoms with van der Waals surface area (Å²) in [6.07, 6.45) is 2.87. The monoisotopic (exact) mass is 360 g/mol. The van der Waals surface area contributed by atoms with Crippen LogP contribution in [0, 0.1) is 0 Å². The molecule has 1 fully saturated rings. The van der Waals surface area contributed by atoms with E-state index in [1.54, 1.807) is 0 Å². The van der Waals surface area contributed by atoms with E-state index in [2.05, 4.69) is 15.7 Å². The van der Waals surface area contributed by atoms with Crippen LogP contribution in [0.1, 0.15) is 28.6 Å². The fourth-order valence-electron chi connectivity index (χ4n) is 1.27. The van der Waals surface area contributed by atoms with Crippen molar-refractivity contribution < 1.29 is 32.3 Å². The van der Waals surface area contributed by atoms with Crippen molar-refractivity contribution in [2.24, 2.45) is 8.80 Å². The fraction of sp³-hybridized carbons (Fsp3) is 0.417. The third-order valence-corrected chi connectivity index (χ3v) is 4.03. The molecule has 0 aliphatic carbocycles. The van der Waals surface area contributed by atoms with E-state index in [0.717, 1.165) is 12.8 Å². The lowest BCUT2D eigenvalue weighted by molar-refractivity contribution is -0.184. The molecule has 2 heterocycles. The van der Waals surface area contributed by atoms with E-state index in [4.69, 9.17) is 9.47 Å². The summed E-state index contributed by atoms with van der Waals surface area (Å²) in [5.74, 6) is -0.264. The van der Waals surface area contributed by atoms with Gasteiger partial charge in [0.05, 0.1) is 6.61 Å². The van der Waals surface area contributed by atoms with Crippen molar-refractivity contribution >= 4 is 39.7 Å². The van der Waals surface area contributed by atoms with Gasteiger partial charge in [0.25, 0.3) is 12.2 Å². The summed E-state index contributed by atoms with van der Waals surface area (Å²) in [4.78, 5) is 30.6. The Labute approximate surface area is 135 Å². The molecule has 0 spiro atoms. The average molecular weight is 360 g/mol. The first-order valence-corrected chi connectivity index (χ1v) is 8.52. The Hall–Kier alpha value is -2.16. The molecule has 23 heavy (non-hydrogen) atoms. The number of hydrogen-bond acceptors (Lipinski definition) is 8. The van der Waals surface area contributed by atoms with Gasteiger partial charge in [0.1, 0.15) is 4.88 Å². The molecule has 2 rings (SSSR count). The van der Waals surface area contributed by atoms with Crippen LogP contribution in [0.4, 0.5) is 0 Å². The molecule has 124 valence electrons. The third-order valence-electron chi connectivity index (χ3n) is 2.46. The molecule has 0 radical (unpaired) electrons. The quantitative estimate of drug-likeness (QED) is 0.437. The second-order valence-corrected chi connectivity index (χ2v) is 6.15. The van der Waals surface area contributed by atoms with Gasteiger partial charge < -0.3 is 9.47 Å². The maximum Gasteiger partial charge on any atom is 0.383 e. The van der Waals surface area contributed by atoms with Gasteiger partial charge in [0.15, 0.2) is 0 Å². The summed E-state index contributed by atoms with van der Waals surface area (Å²) < 4.78 is 34.4. The predicted molar refractivity (Wildman–Crippen MR) is 78.6 cm³/mol. The first-order valence-electron chi connectivity index (χ1n) is 6.25. The predicted octanol–water partition coefficient (Wildman–Crippen LogP) is 1.12. The van der Waals surface area contributed by atoms with Gasteiger partial charge in [-0.05, 0) is 23.4 Å². The number of thiophene rings is 1. The molecule has 11 heteroatoms. The largest absolute Gasteiger partial charge is 0.431 e. The highest BCUT2D eigenvalue weighted by Crippen LogP contribution is 2.19. The summed E-state index contributed by atoms with van der Waals surface area (Å²) >= 11 is 1.43. The van der Waals surface area contributed by atoms with Gasteiger partial charge in [0, 0.05) is 6.42 Å². The van der Waals surface area contributed by atoms with Crippen LogP contribution in [0.5, 0.6) is 0 Å². The molecule has 1 saturated heterocycles. The smallest absolute Gasteiger partial charge is 0.383 e. The molecule has 0 bridgehead atoms. The number of hydrogen-bond donors (Lipinski definition) is 0. The second-order valence-electron chi connectivity index (χ2n) is 3.98. The number of aryl methyl sites for hydroxylation is 1. The first kappa shape index (κ1) is 18.9. The lowest BCUT2D eigenvalue weighted by atomic mass is 10.2. The van der Waals surface area contributed by atoms with Gasteiger partial charge in [-0.1, -0.05) is 15.7 Å². The van der Waals surface area contributed by atoms with Gasteiger partial charge in [-0.2, -0.15) is 8.42 Å². The topological polar surface area (TPSA) is 129 Å². The lowest BCUT2D eigenvalue weighted by Gasteiger charge is -2.25. The van der Waals surface area contributed by atoms with Crippen molar-refractivity contribution in [2.45, 2.75) is 26.1 Å². The van der Waals surface area contributed by atoms with E-state index in [1.165, 1.54) is 16.9 Å². The van der Waals surface area contributed by atoms with Gasteiger partial charge in [-0.15, -0.1) is 11.3 Å². The summed E-state index contributed by atoms with van der Waals surface area (Å²) in [6.45, 7) is 2.76. The molecule has 1 aromatic rings. The molecule has 0 amide bonds. The fourth-order valence-corrected chi connectivity index (χ4v) is 2.37. The van der Waals surface area contributed by atoms with Crippen LogP contribution < -0.4 is 0 Å². The average Bonchev–Trinajstić information content (AvgIpc) is 2.92. The van der Waals surface area contributed by atoms with E-state index in [0.29, 0.717) is 23.6 Å². The molecule has 1 aliphatic heterocycles. The number of rotatable bonds is 5. The standard InChI is InChI=1S/C10H12O3S.C2N2O4S/c1-2-7-5-8(14-6-7)10(11)13-9-3-4-12-9;5-1-3-9(7,8)4-2-6/h5-6,9H,2-4H2,1H3;. The normalized spacial score (nSPS) is 15.8. The molecule has 1 atom stereocenters. The van der Waals surface area contributed by atoms with Gasteiger partial charge in [-0.3, -0.25) is 0 Å². The van der Waals surface area contributed by atoms with E-state index < -0.39 is 10.2 Å². The Balaban J connectivity index is 0.000000257. The zero-order valence-electron chi connectivity index (χ0n) is 11.9. The van der Waals surface area contributed by atoms with Crippen molar-refractivity contribution in [3.8, 4) is 0 Å². The highest BCUT2D eigenvalue weighted by Gasteiger charge is 2.23. The molecular formula is C12H12N2O7S2. The molecule has 0 saturated carbocycles. The van der Waals surface area contributed by atoms with Crippen LogP contribution in [0.15, 0.2) is 20.2 Å². The summed E-state index contributed by atoms with van der Waals surface area (Å²) in [5.41, 5.74) is 1.18. The van der Waals surface area contributed by atoms with Gasteiger partial charge in [-0.25, -0.2) is 14.4 Å². The molecule has 0 aromatic carbocycles. The van der Waals surface area contributed by atoms with Crippen LogP contribution in [0.2, 0.25) is 0 Å². The van der Waals surface area contributed by atoms with E-state index in [-0.39, 0.29) is 12.3 Å². The maximum atomic E-state index is 11.5. The molecule has 0 N–H and O–H groups in total. The third kappa shape index (κ3) is 6.64. The Morgan fingerprint density at radius 2 is 2.04 bits per heavy atom. The highest BCUT2D eigenvalue weighted by atomic mass is 32.2. The van der Waals surface area contributed by atoms with E-state index in [1.807, 2.05) is 11.4 Å². The van der Waals surface area contributed by atoms with Crippen LogP contribution in [-0.2, 0) is 35.7 Å². The molecule has 9 nitrogen and oxygen atoms in total. The molecular weight excluding hydrogens is 348 g/mol. The zero-order chi connectivity index (χ0) is 17.3. The number of carbonyl (C=O) groups excluding carboxylic acids is 3. The summed E-state index contributed by atoms with van der Waals surface area (Å²) in [5, 5.41) is 1.98. The lowest BCUT2D eigenvalue weighted by Crippen LogP contribution is -2.31. The van der Waals surface area contributed by atoms with Crippen molar-refractivity contribution in [3.63, 3.8) is 0 Å². The Bertz CT molecular complexity index is 715. The molecule has 1 aliphatic rings. The molecule has 1 aromatic heterocycles. The minimum Gasteiger partial charge on any atom is -0.431 e. The van der Waals surface area contributed by atoms with Crippen molar-refractivity contribution in [2.75, 3.05) is 6.61 Å². The second kappa shape index (κ2) is 9.09. The highest BCUT2D eigenvalue weighted by molar-refractivity contribution is 7.89. The van der Waals surface area contributed by atoms with Crippen LogP contribution in [-0.4, -0.2) is 39.4 Å². The number of ether oxygens (including phenoxy) is 2. The van der Waals surface area contributed by atoms with E-state index in [9.17, 15) is 22.8 Å². The van der Waals surface area contributed by atoms with Crippen LogP contribution in [0.3, 0.4) is 0 Å². The summed E-state index contributed by atoms with van der Waals surface area (Å²) in [6, 6.07) is 1.88. The zero-order valence-corrected chi connectivity index (χ0v) is 13.6. The molecule has 1 unspecified atom stereocenters. The number of nitrogens with zero attached hydrogens (tertiary/aromatic N) is 2. The minimum atomic E-state index is -4.28. The van der Waals surface area contributed by atoms with Crippen molar-refractivity contribution in [1.29, 1.82) is 0 Å². The van der Waals surface area contributed by atoms with Gasteiger partial charge in [0.2, 0.25) is 6.29 Å². The minimum absolute atomic E-state index is 0.264. The first-order chi connectivity index (χ1) is 10.9. The Kier molecular flexibility index (Phi) is 7.46. The van der Waals surface area contributed by atoms with Crippen LogP contribution in [0.25, 0.3) is 0 Å². The van der Waals surface area contributed by atoms with Crippen molar-refractivity contribution in [1.82, 2.24) is 0 Å². The number of isocyanates is 2. The number of esters is 1. The van der Waals surface area contributed by atoms with Crippen molar-refractivity contribution in [3.05, 3.63) is 21.9 Å². The van der Waals surface area contributed by atoms with Crippen LogP contribution >= 0.6 is 11.3 Å². The van der Waals surface area contributed by atoms with E-state index >= 15 is 0 Å². The Morgan fingerprint density at radius 1 is 1.43 bits per heavy atom. The summed E-state index contributed by atoms with van der Waals surface area (Å²) in [7, 11) is -4.28. The van der Waals surface area contributed by atoms with Gasteiger partial charge >= 0.3 is 16.2 Å². The SMILES string of the molecule is CCc1csc(C(=O)OC2CCO2)c1.O=C=NS(=O)(=O)N=C=O. The maximum absolute atomic E-state index is 11.5. The Morgan fingerprint density at radius 3 is 2.43 bits per heavy atom. The number of carbonyl (C=O) groups is 1.